The van der Waals surface area contributed by atoms with E-state index in [0.717, 1.165) is 25.9 Å². The Morgan fingerprint density at radius 2 is 1.46 bits per heavy atom. The number of likely N-dealkylation sites (tertiary alicyclic amines) is 1. The van der Waals surface area contributed by atoms with E-state index in [1.807, 2.05) is 28.5 Å². The van der Waals surface area contributed by atoms with Crippen molar-refractivity contribution in [1.29, 1.82) is 0 Å². The van der Waals surface area contributed by atoms with Crippen LogP contribution in [0, 0.1) is 0 Å². The lowest BCUT2D eigenvalue weighted by Crippen LogP contribution is -2.55. The van der Waals surface area contributed by atoms with Crippen molar-refractivity contribution >= 4 is 18.0 Å². The molecule has 0 radical (unpaired) electrons. The zero-order valence-electron chi connectivity index (χ0n) is 14.7. The lowest BCUT2D eigenvalue weighted by molar-refractivity contribution is -0.121. The second-order valence-electron chi connectivity index (χ2n) is 6.77. The number of imide groups is 1. The summed E-state index contributed by atoms with van der Waals surface area (Å²) in [5.41, 5.74) is 0. The Hall–Kier alpha value is -1.83. The maximum atomic E-state index is 12.4. The van der Waals surface area contributed by atoms with Crippen molar-refractivity contribution in [3.63, 3.8) is 0 Å². The Balaban J connectivity index is 1.69. The van der Waals surface area contributed by atoms with Gasteiger partial charge >= 0.3 is 12.1 Å². The second-order valence-corrected chi connectivity index (χ2v) is 6.77. The van der Waals surface area contributed by atoms with Crippen LogP contribution in [0.3, 0.4) is 0 Å². The molecule has 0 aliphatic carbocycles. The summed E-state index contributed by atoms with van der Waals surface area (Å²) in [7, 11) is 0. The minimum Gasteiger partial charge on any atom is -0.336 e. The first kappa shape index (κ1) is 18.5. The molecule has 24 heavy (non-hydrogen) atoms. The van der Waals surface area contributed by atoms with Crippen molar-refractivity contribution in [2.24, 2.45) is 0 Å². The van der Waals surface area contributed by atoms with E-state index in [0.29, 0.717) is 26.2 Å². The highest BCUT2D eigenvalue weighted by Gasteiger charge is 2.26. The number of carbonyl (C=O) groups excluding carboxylic acids is 3. The van der Waals surface area contributed by atoms with E-state index in [9.17, 15) is 14.4 Å². The summed E-state index contributed by atoms with van der Waals surface area (Å²) in [6, 6.07) is -0.355. The maximum absolute atomic E-state index is 12.4. The van der Waals surface area contributed by atoms with Gasteiger partial charge in [0.15, 0.2) is 0 Å². The molecule has 0 unspecified atom stereocenters. The van der Waals surface area contributed by atoms with E-state index in [1.54, 1.807) is 0 Å². The third-order valence-electron chi connectivity index (χ3n) is 4.31. The van der Waals surface area contributed by atoms with Crippen LogP contribution >= 0.6 is 0 Å². The molecule has 0 aromatic heterocycles. The Labute approximate surface area is 143 Å². The minimum atomic E-state index is -0.464. The van der Waals surface area contributed by atoms with Gasteiger partial charge in [-0.2, -0.15) is 0 Å². The first-order valence-electron chi connectivity index (χ1n) is 8.82. The quantitative estimate of drug-likeness (QED) is 0.782. The predicted molar refractivity (Wildman–Crippen MR) is 90.6 cm³/mol. The van der Waals surface area contributed by atoms with Gasteiger partial charge in [-0.3, -0.25) is 15.0 Å². The molecule has 0 saturated carbocycles. The Kier molecular flexibility index (Phi) is 6.84. The summed E-state index contributed by atoms with van der Waals surface area (Å²) in [6.07, 6.45) is 3.38. The molecule has 2 aliphatic heterocycles. The number of hydrogen-bond donors (Lipinski definition) is 2. The highest BCUT2D eigenvalue weighted by molar-refractivity contribution is 5.95. The van der Waals surface area contributed by atoms with Gasteiger partial charge in [0.25, 0.3) is 0 Å². The zero-order valence-corrected chi connectivity index (χ0v) is 14.7. The van der Waals surface area contributed by atoms with Gasteiger partial charge in [0.05, 0.1) is 6.54 Å². The van der Waals surface area contributed by atoms with Gasteiger partial charge in [0.1, 0.15) is 0 Å². The van der Waals surface area contributed by atoms with Crippen LogP contribution < -0.4 is 10.6 Å². The van der Waals surface area contributed by atoms with Crippen molar-refractivity contribution in [2.75, 3.05) is 45.8 Å². The first-order valence-corrected chi connectivity index (χ1v) is 8.82. The number of amides is 5. The number of piperidine rings is 1. The van der Waals surface area contributed by atoms with E-state index in [2.05, 4.69) is 10.6 Å². The molecule has 2 saturated heterocycles. The largest absolute Gasteiger partial charge is 0.336 e. The summed E-state index contributed by atoms with van der Waals surface area (Å²) in [6.45, 7) is 8.11. The average molecular weight is 339 g/mol. The van der Waals surface area contributed by atoms with Crippen LogP contribution in [-0.4, -0.2) is 84.5 Å². The fourth-order valence-electron chi connectivity index (χ4n) is 3.05. The first-order chi connectivity index (χ1) is 11.5. The van der Waals surface area contributed by atoms with Gasteiger partial charge in [0, 0.05) is 45.3 Å². The average Bonchev–Trinajstić information content (AvgIpc) is 2.54. The standard InChI is InChI=1S/C16H29N5O3/c1-13(2)17-15(23)18-14(22)12-19-8-10-21(11-9-19)16(24)20-6-4-3-5-7-20/h13H,3-12H2,1-2H3,(H2,17,18,22,23). The fourth-order valence-corrected chi connectivity index (χ4v) is 3.05. The predicted octanol–water partition coefficient (Wildman–Crippen LogP) is 0.444. The topological polar surface area (TPSA) is 85.0 Å². The smallest absolute Gasteiger partial charge is 0.321 e. The molecule has 136 valence electrons. The summed E-state index contributed by atoms with van der Waals surface area (Å²) >= 11 is 0. The summed E-state index contributed by atoms with van der Waals surface area (Å²) < 4.78 is 0. The molecule has 0 aromatic rings. The third-order valence-corrected chi connectivity index (χ3v) is 4.31. The van der Waals surface area contributed by atoms with Gasteiger partial charge < -0.3 is 15.1 Å². The number of piperazine rings is 1. The van der Waals surface area contributed by atoms with Gasteiger partial charge in [-0.05, 0) is 33.1 Å². The lowest BCUT2D eigenvalue weighted by Gasteiger charge is -2.38. The summed E-state index contributed by atoms with van der Waals surface area (Å²) in [4.78, 5) is 41.6. The maximum Gasteiger partial charge on any atom is 0.321 e. The molecule has 0 bridgehead atoms. The van der Waals surface area contributed by atoms with E-state index in [1.165, 1.54) is 6.42 Å². The highest BCUT2D eigenvalue weighted by Crippen LogP contribution is 2.12. The molecule has 0 aromatic carbocycles. The van der Waals surface area contributed by atoms with Gasteiger partial charge in [-0.15, -0.1) is 0 Å². The monoisotopic (exact) mass is 339 g/mol. The van der Waals surface area contributed by atoms with Crippen LogP contribution in [0.4, 0.5) is 9.59 Å². The molecular weight excluding hydrogens is 310 g/mol. The van der Waals surface area contributed by atoms with Crippen molar-refractivity contribution < 1.29 is 14.4 Å². The minimum absolute atomic E-state index is 0.0119. The summed E-state index contributed by atoms with van der Waals surface area (Å²) in [5, 5.41) is 4.95. The van der Waals surface area contributed by atoms with E-state index >= 15 is 0 Å². The van der Waals surface area contributed by atoms with E-state index < -0.39 is 6.03 Å². The number of rotatable bonds is 3. The number of nitrogens with zero attached hydrogens (tertiary/aromatic N) is 3. The number of carbonyl (C=O) groups is 3. The van der Waals surface area contributed by atoms with E-state index in [4.69, 9.17) is 0 Å². The number of urea groups is 2. The van der Waals surface area contributed by atoms with Crippen molar-refractivity contribution in [3.05, 3.63) is 0 Å². The molecule has 2 N–H and O–H groups in total. The molecule has 8 nitrogen and oxygen atoms in total. The van der Waals surface area contributed by atoms with E-state index in [-0.39, 0.29) is 24.5 Å². The van der Waals surface area contributed by atoms with Gasteiger partial charge in [0.2, 0.25) is 5.91 Å². The van der Waals surface area contributed by atoms with Crippen molar-refractivity contribution in [3.8, 4) is 0 Å². The highest BCUT2D eigenvalue weighted by atomic mass is 16.2. The normalized spacial score (nSPS) is 19.3. The molecule has 5 amide bonds. The lowest BCUT2D eigenvalue weighted by atomic mass is 10.1. The molecule has 2 rings (SSSR count). The molecule has 0 spiro atoms. The molecular formula is C16H29N5O3. The van der Waals surface area contributed by atoms with Crippen molar-refractivity contribution in [1.82, 2.24) is 25.3 Å². The summed E-state index contributed by atoms with van der Waals surface area (Å²) in [5.74, 6) is -0.316. The molecule has 2 fully saturated rings. The van der Waals surface area contributed by atoms with Crippen LogP contribution in [0.2, 0.25) is 0 Å². The van der Waals surface area contributed by atoms with Crippen LogP contribution in [0.1, 0.15) is 33.1 Å². The Morgan fingerprint density at radius 1 is 0.875 bits per heavy atom. The van der Waals surface area contributed by atoms with Crippen LogP contribution in [0.5, 0.6) is 0 Å². The van der Waals surface area contributed by atoms with Gasteiger partial charge in [-0.25, -0.2) is 9.59 Å². The Morgan fingerprint density at radius 3 is 2.04 bits per heavy atom. The second kappa shape index (κ2) is 8.86. The molecule has 0 atom stereocenters. The van der Waals surface area contributed by atoms with Crippen LogP contribution in [0.25, 0.3) is 0 Å². The third kappa shape index (κ3) is 5.67. The SMILES string of the molecule is CC(C)NC(=O)NC(=O)CN1CCN(C(=O)N2CCCCC2)CC1. The van der Waals surface area contributed by atoms with Crippen LogP contribution in [-0.2, 0) is 4.79 Å². The zero-order chi connectivity index (χ0) is 17.5. The fraction of sp³-hybridized carbons (Fsp3) is 0.812. The Bertz CT molecular complexity index is 455. The molecule has 2 heterocycles. The van der Waals surface area contributed by atoms with Gasteiger partial charge in [-0.1, -0.05) is 0 Å². The van der Waals surface area contributed by atoms with Crippen LogP contribution in [0.15, 0.2) is 0 Å². The number of hydrogen-bond acceptors (Lipinski definition) is 4. The van der Waals surface area contributed by atoms with Crippen molar-refractivity contribution in [2.45, 2.75) is 39.2 Å². The molecule has 8 heteroatoms. The number of nitrogens with one attached hydrogen (secondary N) is 2. The molecule has 2 aliphatic rings.